The fourth-order valence-electron chi connectivity index (χ4n) is 4.09. The highest BCUT2D eigenvalue weighted by Crippen LogP contribution is 2.30. The van der Waals surface area contributed by atoms with Crippen LogP contribution in [0, 0.1) is 11.8 Å². The van der Waals surface area contributed by atoms with Crippen molar-refractivity contribution in [1.82, 2.24) is 0 Å². The largest absolute Gasteiger partial charge is 0.493 e. The topological polar surface area (TPSA) is 65.7 Å². The van der Waals surface area contributed by atoms with Crippen molar-refractivity contribution in [2.24, 2.45) is 11.8 Å². The smallest absolute Gasteiger partial charge is 0.398 e. The molecule has 1 unspecified atom stereocenters. The van der Waals surface area contributed by atoms with E-state index in [1.807, 2.05) is 19.1 Å². The van der Waals surface area contributed by atoms with Crippen LogP contribution in [0.4, 0.5) is 13.2 Å². The van der Waals surface area contributed by atoms with Crippen molar-refractivity contribution in [3.8, 4) is 16.9 Å². The Bertz CT molecular complexity index is 1290. The predicted molar refractivity (Wildman–Crippen MR) is 141 cm³/mol. The van der Waals surface area contributed by atoms with Gasteiger partial charge >= 0.3 is 17.8 Å². The van der Waals surface area contributed by atoms with E-state index in [0.717, 1.165) is 36.8 Å². The standard InChI is InChI=1S/C30H35F3O5/c1-5-7-8-9-20-10-13-25(21(6-2)14-20)26-15-22-11-12-24(16-27(22)38-29(26)35)36-17-23(30(31,32)33)18-37-28(34)19(3)4/h10-16,19,23H,5-9,17-18H2,1-4H3. The number of alkyl halides is 3. The highest BCUT2D eigenvalue weighted by molar-refractivity contribution is 5.83. The van der Waals surface area contributed by atoms with Gasteiger partial charge in [0.05, 0.1) is 11.5 Å². The minimum absolute atomic E-state index is 0.114. The lowest BCUT2D eigenvalue weighted by molar-refractivity contribution is -0.197. The van der Waals surface area contributed by atoms with E-state index in [4.69, 9.17) is 13.9 Å². The molecule has 3 rings (SSSR count). The van der Waals surface area contributed by atoms with Gasteiger partial charge in [0.15, 0.2) is 0 Å². The molecule has 0 N–H and O–H groups in total. The number of unbranched alkanes of at least 4 members (excludes halogenated alkanes) is 2. The second-order valence-corrected chi connectivity index (χ2v) is 9.78. The molecule has 0 aliphatic rings. The number of carbonyl (C=O) groups excluding carboxylic acids is 1. The molecule has 2 aromatic carbocycles. The summed E-state index contributed by atoms with van der Waals surface area (Å²) in [6, 6.07) is 12.4. The molecule has 5 nitrogen and oxygen atoms in total. The molecule has 1 atom stereocenters. The van der Waals surface area contributed by atoms with E-state index in [9.17, 15) is 22.8 Å². The first-order valence-electron chi connectivity index (χ1n) is 13.1. The van der Waals surface area contributed by atoms with Crippen LogP contribution < -0.4 is 10.4 Å². The monoisotopic (exact) mass is 532 g/mol. The SMILES string of the molecule is CCCCCc1ccc(-c2cc3ccc(OCC(COC(=O)C(C)C)C(F)(F)F)cc3oc2=O)c(CC)c1. The van der Waals surface area contributed by atoms with Crippen molar-refractivity contribution in [2.45, 2.75) is 66.0 Å². The minimum Gasteiger partial charge on any atom is -0.493 e. The summed E-state index contributed by atoms with van der Waals surface area (Å²) >= 11 is 0. The zero-order chi connectivity index (χ0) is 27.9. The van der Waals surface area contributed by atoms with Gasteiger partial charge in [-0.1, -0.05) is 58.7 Å². The molecule has 0 aliphatic heterocycles. The molecular formula is C30H35F3O5. The van der Waals surface area contributed by atoms with E-state index < -0.39 is 42.8 Å². The summed E-state index contributed by atoms with van der Waals surface area (Å²) in [6.45, 7) is 5.72. The van der Waals surface area contributed by atoms with Gasteiger partial charge in [-0.3, -0.25) is 4.79 Å². The van der Waals surface area contributed by atoms with Crippen LogP contribution in [-0.2, 0) is 22.4 Å². The zero-order valence-electron chi connectivity index (χ0n) is 22.3. The molecule has 38 heavy (non-hydrogen) atoms. The number of halogens is 3. The minimum atomic E-state index is -4.61. The van der Waals surface area contributed by atoms with Gasteiger partial charge in [-0.15, -0.1) is 0 Å². The summed E-state index contributed by atoms with van der Waals surface area (Å²) < 4.78 is 55.9. The van der Waals surface area contributed by atoms with Crippen LogP contribution in [-0.4, -0.2) is 25.4 Å². The van der Waals surface area contributed by atoms with E-state index in [1.54, 1.807) is 26.0 Å². The maximum atomic E-state index is 13.4. The number of ether oxygens (including phenoxy) is 2. The van der Waals surface area contributed by atoms with Crippen LogP contribution in [0.15, 0.2) is 51.7 Å². The second-order valence-electron chi connectivity index (χ2n) is 9.78. The lowest BCUT2D eigenvalue weighted by atomic mass is 9.94. The maximum Gasteiger partial charge on any atom is 0.398 e. The summed E-state index contributed by atoms with van der Waals surface area (Å²) in [4.78, 5) is 24.5. The summed E-state index contributed by atoms with van der Waals surface area (Å²) in [6.07, 6.45) is 0.581. The summed E-state index contributed by atoms with van der Waals surface area (Å²) in [5, 5.41) is 0.624. The Morgan fingerprint density at radius 3 is 2.39 bits per heavy atom. The molecule has 0 spiro atoms. The van der Waals surface area contributed by atoms with Crippen molar-refractivity contribution in [3.05, 3.63) is 64.0 Å². The number of rotatable bonds is 12. The number of benzene rings is 2. The average Bonchev–Trinajstić information content (AvgIpc) is 2.87. The fraction of sp³-hybridized carbons (Fsp3) is 0.467. The number of esters is 1. The summed E-state index contributed by atoms with van der Waals surface area (Å²) in [5.41, 5.74) is 3.22. The Hall–Kier alpha value is -3.29. The lowest BCUT2D eigenvalue weighted by Crippen LogP contribution is -2.34. The molecule has 0 aliphatic carbocycles. The fourth-order valence-corrected chi connectivity index (χ4v) is 4.09. The molecule has 0 fully saturated rings. The Kier molecular flexibility index (Phi) is 10.00. The number of hydrogen-bond donors (Lipinski definition) is 0. The first-order valence-corrected chi connectivity index (χ1v) is 13.1. The van der Waals surface area contributed by atoms with Crippen LogP contribution in [0.5, 0.6) is 5.75 Å². The van der Waals surface area contributed by atoms with Gasteiger partial charge in [0.1, 0.15) is 30.5 Å². The third kappa shape index (κ3) is 7.62. The molecule has 0 bridgehead atoms. The number of aryl methyl sites for hydroxylation is 2. The summed E-state index contributed by atoms with van der Waals surface area (Å²) in [7, 11) is 0. The predicted octanol–water partition coefficient (Wildman–Crippen LogP) is 7.51. The normalized spacial score (nSPS) is 12.6. The Morgan fingerprint density at radius 1 is 0.974 bits per heavy atom. The van der Waals surface area contributed by atoms with E-state index in [-0.39, 0.29) is 11.3 Å². The molecule has 1 heterocycles. The molecular weight excluding hydrogens is 497 g/mol. The number of hydrogen-bond acceptors (Lipinski definition) is 5. The van der Waals surface area contributed by atoms with E-state index in [2.05, 4.69) is 13.0 Å². The van der Waals surface area contributed by atoms with Gasteiger partial charge in [0, 0.05) is 11.5 Å². The summed E-state index contributed by atoms with van der Waals surface area (Å²) in [5.74, 6) is -3.12. The van der Waals surface area contributed by atoms with E-state index in [0.29, 0.717) is 10.9 Å². The lowest BCUT2D eigenvalue weighted by Gasteiger charge is -2.21. The molecule has 3 aromatic rings. The van der Waals surface area contributed by atoms with Gasteiger partial charge < -0.3 is 13.9 Å². The van der Waals surface area contributed by atoms with Gasteiger partial charge in [-0.05, 0) is 54.2 Å². The number of carbonyl (C=O) groups is 1. The van der Waals surface area contributed by atoms with Crippen LogP contribution in [0.2, 0.25) is 0 Å². The van der Waals surface area contributed by atoms with E-state index >= 15 is 0 Å². The average molecular weight is 533 g/mol. The first kappa shape index (κ1) is 29.3. The molecule has 0 amide bonds. The Morgan fingerprint density at radius 2 is 1.74 bits per heavy atom. The molecule has 0 saturated heterocycles. The molecule has 1 aromatic heterocycles. The van der Waals surface area contributed by atoms with Gasteiger partial charge in [0.25, 0.3) is 0 Å². The Balaban J connectivity index is 1.80. The molecule has 206 valence electrons. The van der Waals surface area contributed by atoms with Gasteiger partial charge in [-0.2, -0.15) is 13.2 Å². The van der Waals surface area contributed by atoms with Crippen LogP contribution in [0.3, 0.4) is 0 Å². The quantitative estimate of drug-likeness (QED) is 0.137. The van der Waals surface area contributed by atoms with Gasteiger partial charge in [-0.25, -0.2) is 4.79 Å². The van der Waals surface area contributed by atoms with Crippen LogP contribution >= 0.6 is 0 Å². The highest BCUT2D eigenvalue weighted by atomic mass is 19.4. The van der Waals surface area contributed by atoms with Crippen molar-refractivity contribution >= 4 is 16.9 Å². The Labute approximate surface area is 220 Å². The zero-order valence-corrected chi connectivity index (χ0v) is 22.3. The number of fused-ring (bicyclic) bond motifs is 1. The first-order chi connectivity index (χ1) is 18.0. The van der Waals surface area contributed by atoms with Crippen LogP contribution in [0.1, 0.15) is 58.1 Å². The van der Waals surface area contributed by atoms with Crippen molar-refractivity contribution < 1.29 is 31.9 Å². The maximum absolute atomic E-state index is 13.4. The van der Waals surface area contributed by atoms with Crippen molar-refractivity contribution in [3.63, 3.8) is 0 Å². The van der Waals surface area contributed by atoms with Gasteiger partial charge in [0.2, 0.25) is 0 Å². The highest BCUT2D eigenvalue weighted by Gasteiger charge is 2.41. The van der Waals surface area contributed by atoms with Crippen LogP contribution in [0.25, 0.3) is 22.1 Å². The van der Waals surface area contributed by atoms with Crippen molar-refractivity contribution in [1.29, 1.82) is 0 Å². The molecule has 0 radical (unpaired) electrons. The third-order valence-electron chi connectivity index (χ3n) is 6.43. The van der Waals surface area contributed by atoms with Crippen molar-refractivity contribution in [2.75, 3.05) is 13.2 Å². The molecule has 0 saturated carbocycles. The van der Waals surface area contributed by atoms with E-state index in [1.165, 1.54) is 24.1 Å². The second kappa shape index (κ2) is 13.0. The molecule has 8 heteroatoms. The third-order valence-corrected chi connectivity index (χ3v) is 6.43.